The van der Waals surface area contributed by atoms with E-state index in [1.165, 1.54) is 11.8 Å². The highest BCUT2D eigenvalue weighted by molar-refractivity contribution is 8.00. The van der Waals surface area contributed by atoms with Crippen LogP contribution in [0.15, 0.2) is 29.2 Å². The molecule has 0 fully saturated rings. The molecule has 1 rings (SSSR count). The molecule has 0 aliphatic carbocycles. The van der Waals surface area contributed by atoms with Gasteiger partial charge in [-0.15, -0.1) is 11.8 Å². The fraction of sp³-hybridized carbons (Fsp3) is 0.455. The number of aliphatic hydroxyl groups is 1. The first-order valence-electron chi connectivity index (χ1n) is 5.53. The molecule has 1 aromatic carbocycles. The van der Waals surface area contributed by atoms with Crippen LogP contribution in [0, 0.1) is 0 Å². The lowest BCUT2D eigenvalue weighted by atomic mass is 10.3. The monoisotopic (exact) mass is 290 g/mol. The fourth-order valence-corrected chi connectivity index (χ4v) is 3.92. The summed E-state index contributed by atoms with van der Waals surface area (Å²) in [5.41, 5.74) is 6.40. The standard InChI is InChI=1S/C11H18N2O3S2/c1-9(8-14)13-18(15,16)7-6-17-11-5-3-2-4-10(11)12/h2-5,9,13-14H,6-8,12H2,1H3. The summed E-state index contributed by atoms with van der Waals surface area (Å²) in [6, 6.07) is 6.88. The second kappa shape index (κ2) is 6.98. The Morgan fingerprint density at radius 3 is 2.72 bits per heavy atom. The average molecular weight is 290 g/mol. The number of sulfonamides is 1. The molecule has 102 valence electrons. The Morgan fingerprint density at radius 1 is 1.44 bits per heavy atom. The molecule has 5 nitrogen and oxygen atoms in total. The van der Waals surface area contributed by atoms with Gasteiger partial charge in [0.15, 0.2) is 0 Å². The maximum absolute atomic E-state index is 11.6. The van der Waals surface area contributed by atoms with Gasteiger partial charge in [0.05, 0.1) is 12.4 Å². The molecule has 0 spiro atoms. The van der Waals surface area contributed by atoms with Crippen LogP contribution in [0.1, 0.15) is 6.92 Å². The van der Waals surface area contributed by atoms with Gasteiger partial charge in [-0.3, -0.25) is 0 Å². The maximum atomic E-state index is 11.6. The molecule has 18 heavy (non-hydrogen) atoms. The highest BCUT2D eigenvalue weighted by Crippen LogP contribution is 2.24. The summed E-state index contributed by atoms with van der Waals surface area (Å²) in [6.45, 7) is 1.40. The minimum atomic E-state index is -3.35. The van der Waals surface area contributed by atoms with E-state index in [1.807, 2.05) is 18.2 Å². The van der Waals surface area contributed by atoms with Crippen molar-refractivity contribution in [1.29, 1.82) is 0 Å². The van der Waals surface area contributed by atoms with E-state index in [1.54, 1.807) is 13.0 Å². The van der Waals surface area contributed by atoms with Crippen LogP contribution in [0.4, 0.5) is 5.69 Å². The van der Waals surface area contributed by atoms with Crippen LogP contribution in [0.25, 0.3) is 0 Å². The predicted molar refractivity (Wildman–Crippen MR) is 75.0 cm³/mol. The third kappa shape index (κ3) is 5.26. The Morgan fingerprint density at radius 2 is 2.11 bits per heavy atom. The van der Waals surface area contributed by atoms with E-state index in [9.17, 15) is 8.42 Å². The van der Waals surface area contributed by atoms with Gasteiger partial charge in [0.1, 0.15) is 0 Å². The zero-order chi connectivity index (χ0) is 13.6. The third-order valence-electron chi connectivity index (χ3n) is 2.18. The summed E-state index contributed by atoms with van der Waals surface area (Å²) in [5.74, 6) is 0.415. The van der Waals surface area contributed by atoms with Crippen molar-refractivity contribution in [2.24, 2.45) is 0 Å². The number of nitrogen functional groups attached to an aromatic ring is 1. The van der Waals surface area contributed by atoms with Crippen molar-refractivity contribution in [3.05, 3.63) is 24.3 Å². The number of hydrogen-bond acceptors (Lipinski definition) is 5. The van der Waals surface area contributed by atoms with E-state index in [0.717, 1.165) is 4.90 Å². The van der Waals surface area contributed by atoms with Gasteiger partial charge >= 0.3 is 0 Å². The normalized spacial score (nSPS) is 13.4. The zero-order valence-electron chi connectivity index (χ0n) is 10.2. The number of rotatable bonds is 7. The van der Waals surface area contributed by atoms with E-state index in [-0.39, 0.29) is 12.4 Å². The summed E-state index contributed by atoms with van der Waals surface area (Å²) < 4.78 is 25.6. The number of anilines is 1. The average Bonchev–Trinajstić information content (AvgIpc) is 2.30. The molecule has 0 amide bonds. The molecule has 0 saturated carbocycles. The lowest BCUT2D eigenvalue weighted by Crippen LogP contribution is -2.37. The van der Waals surface area contributed by atoms with Crippen LogP contribution in [-0.2, 0) is 10.0 Å². The largest absolute Gasteiger partial charge is 0.398 e. The zero-order valence-corrected chi connectivity index (χ0v) is 11.8. The first-order valence-corrected chi connectivity index (χ1v) is 8.16. The van der Waals surface area contributed by atoms with E-state index in [4.69, 9.17) is 10.8 Å². The smallest absolute Gasteiger partial charge is 0.212 e. The second-order valence-electron chi connectivity index (χ2n) is 3.91. The van der Waals surface area contributed by atoms with Crippen LogP contribution in [0.5, 0.6) is 0 Å². The molecule has 0 bridgehead atoms. The Bertz CT molecular complexity index is 477. The van der Waals surface area contributed by atoms with Gasteiger partial charge in [0.2, 0.25) is 10.0 Å². The van der Waals surface area contributed by atoms with Crippen LogP contribution in [-0.4, -0.2) is 37.7 Å². The van der Waals surface area contributed by atoms with Gasteiger partial charge in [0, 0.05) is 22.4 Å². The number of nitrogens with one attached hydrogen (secondary N) is 1. The summed E-state index contributed by atoms with van der Waals surface area (Å²) in [6.07, 6.45) is 0. The van der Waals surface area contributed by atoms with Crippen molar-refractivity contribution in [1.82, 2.24) is 4.72 Å². The van der Waals surface area contributed by atoms with Crippen molar-refractivity contribution in [3.63, 3.8) is 0 Å². The third-order valence-corrected chi connectivity index (χ3v) is 5.04. The minimum absolute atomic E-state index is 0.00363. The summed E-state index contributed by atoms with van der Waals surface area (Å²) in [7, 11) is -3.35. The van der Waals surface area contributed by atoms with Crippen LogP contribution in [0.3, 0.4) is 0 Å². The van der Waals surface area contributed by atoms with Crippen LogP contribution >= 0.6 is 11.8 Å². The Labute approximate surface area is 112 Å². The molecule has 0 radical (unpaired) electrons. The Kier molecular flexibility index (Phi) is 5.94. The molecule has 1 unspecified atom stereocenters. The molecule has 1 aromatic rings. The number of benzene rings is 1. The van der Waals surface area contributed by atoms with Gasteiger partial charge < -0.3 is 10.8 Å². The summed E-state index contributed by atoms with van der Waals surface area (Å²) >= 11 is 1.40. The van der Waals surface area contributed by atoms with Crippen LogP contribution < -0.4 is 10.5 Å². The quantitative estimate of drug-likeness (QED) is 0.507. The molecule has 1 atom stereocenters. The minimum Gasteiger partial charge on any atom is -0.398 e. The Balaban J connectivity index is 2.44. The number of aliphatic hydroxyl groups excluding tert-OH is 1. The van der Waals surface area contributed by atoms with Gasteiger partial charge in [-0.25, -0.2) is 13.1 Å². The molecule has 0 aliphatic heterocycles. The lowest BCUT2D eigenvalue weighted by Gasteiger charge is -2.11. The molecule has 0 saturated heterocycles. The number of para-hydroxylation sites is 1. The van der Waals surface area contributed by atoms with Gasteiger partial charge in [-0.1, -0.05) is 12.1 Å². The van der Waals surface area contributed by atoms with Crippen molar-refractivity contribution in [2.45, 2.75) is 17.9 Å². The van der Waals surface area contributed by atoms with Crippen LogP contribution in [0.2, 0.25) is 0 Å². The predicted octanol–water partition coefficient (Wildman–Crippen LogP) is 0.661. The van der Waals surface area contributed by atoms with E-state index in [2.05, 4.69) is 4.72 Å². The first-order chi connectivity index (χ1) is 8.44. The first kappa shape index (κ1) is 15.3. The molecule has 4 N–H and O–H groups in total. The maximum Gasteiger partial charge on any atom is 0.212 e. The highest BCUT2D eigenvalue weighted by atomic mass is 32.2. The van der Waals surface area contributed by atoms with E-state index in [0.29, 0.717) is 11.4 Å². The number of nitrogens with two attached hydrogens (primary N) is 1. The number of hydrogen-bond donors (Lipinski definition) is 3. The lowest BCUT2D eigenvalue weighted by molar-refractivity contribution is 0.265. The van der Waals surface area contributed by atoms with Gasteiger partial charge in [0.25, 0.3) is 0 Å². The number of thioether (sulfide) groups is 1. The molecule has 0 aromatic heterocycles. The van der Waals surface area contributed by atoms with Gasteiger partial charge in [-0.2, -0.15) is 0 Å². The van der Waals surface area contributed by atoms with E-state index < -0.39 is 16.1 Å². The summed E-state index contributed by atoms with van der Waals surface area (Å²) in [5, 5.41) is 8.79. The summed E-state index contributed by atoms with van der Waals surface area (Å²) in [4.78, 5) is 0.878. The molecule has 0 heterocycles. The van der Waals surface area contributed by atoms with Crippen molar-refractivity contribution in [3.8, 4) is 0 Å². The van der Waals surface area contributed by atoms with Gasteiger partial charge in [-0.05, 0) is 19.1 Å². The van der Waals surface area contributed by atoms with Crippen molar-refractivity contribution < 1.29 is 13.5 Å². The van der Waals surface area contributed by atoms with Crippen molar-refractivity contribution in [2.75, 3.05) is 23.8 Å². The second-order valence-corrected chi connectivity index (χ2v) is 6.92. The topological polar surface area (TPSA) is 92.4 Å². The SMILES string of the molecule is CC(CO)NS(=O)(=O)CCSc1ccccc1N. The highest BCUT2D eigenvalue weighted by Gasteiger charge is 2.13. The molecule has 0 aliphatic rings. The Hall–Kier alpha value is -0.760. The van der Waals surface area contributed by atoms with E-state index >= 15 is 0 Å². The molecule has 7 heteroatoms. The van der Waals surface area contributed by atoms with Crippen molar-refractivity contribution >= 4 is 27.5 Å². The molecular weight excluding hydrogens is 272 g/mol. The molecular formula is C11H18N2O3S2. The fourth-order valence-electron chi connectivity index (χ4n) is 1.28.